The van der Waals surface area contributed by atoms with Crippen LogP contribution in [0, 0.1) is 11.3 Å². The van der Waals surface area contributed by atoms with Crippen molar-refractivity contribution in [1.82, 2.24) is 25.1 Å². The monoisotopic (exact) mass is 610 g/mol. The van der Waals surface area contributed by atoms with Crippen LogP contribution in [-0.2, 0) is 0 Å². The van der Waals surface area contributed by atoms with E-state index in [0.717, 1.165) is 64.5 Å². The van der Waals surface area contributed by atoms with Crippen molar-refractivity contribution < 1.29 is 9.53 Å². The molecule has 1 amide bonds. The van der Waals surface area contributed by atoms with Crippen LogP contribution in [0.25, 0.3) is 11.3 Å². The number of carbonyl (C=O) groups is 1. The summed E-state index contributed by atoms with van der Waals surface area (Å²) in [5.41, 5.74) is 8.94. The molecule has 0 saturated carbocycles. The largest absolute Gasteiger partial charge is 0.495 e. The first-order valence-electron chi connectivity index (χ1n) is 15.7. The van der Waals surface area contributed by atoms with Crippen LogP contribution < -0.4 is 31.3 Å². The quantitative estimate of drug-likeness (QED) is 0.284. The van der Waals surface area contributed by atoms with Crippen LogP contribution in [0.5, 0.6) is 5.75 Å². The standard InChI is InChI=1S/C33H42N10O2/c1-41-16-18-43(19-17-41)25-11-14-42(15-12-25)24-8-6-22(7-9-24)37-33-30(31(35)44)39-29(32(40-33)38-23-10-13-36-21-23)26-4-3-5-28(45-2)27(26)20-34/h3-9,23,25,36H,10-19,21H2,1-2H3,(H2,35,44)(H2,37,38,40)/t23-/m1/s1. The van der Waals surface area contributed by atoms with Gasteiger partial charge in [0.1, 0.15) is 23.1 Å². The van der Waals surface area contributed by atoms with E-state index in [1.807, 2.05) is 12.1 Å². The molecule has 45 heavy (non-hydrogen) atoms. The Balaban J connectivity index is 1.23. The van der Waals surface area contributed by atoms with Crippen LogP contribution in [-0.4, -0.2) is 104 Å². The lowest BCUT2D eigenvalue weighted by Gasteiger charge is -2.42. The molecular weight excluding hydrogens is 568 g/mol. The number of amides is 1. The molecule has 2 aromatic carbocycles. The Morgan fingerprint density at radius 3 is 2.42 bits per heavy atom. The molecule has 0 bridgehead atoms. The van der Waals surface area contributed by atoms with E-state index in [1.165, 1.54) is 25.6 Å². The van der Waals surface area contributed by atoms with Gasteiger partial charge in [-0.3, -0.25) is 9.69 Å². The van der Waals surface area contributed by atoms with Crippen molar-refractivity contribution in [3.05, 3.63) is 53.7 Å². The molecular formula is C33H42N10O2. The fourth-order valence-corrected chi connectivity index (χ4v) is 6.54. The average molecular weight is 611 g/mol. The molecule has 1 atom stereocenters. The molecule has 12 heteroatoms. The Labute approximate surface area is 264 Å². The van der Waals surface area contributed by atoms with Crippen molar-refractivity contribution in [2.45, 2.75) is 31.3 Å². The first-order valence-corrected chi connectivity index (χ1v) is 15.7. The van der Waals surface area contributed by atoms with Crippen molar-refractivity contribution in [1.29, 1.82) is 5.26 Å². The highest BCUT2D eigenvalue weighted by molar-refractivity contribution is 5.98. The molecule has 1 aromatic heterocycles. The van der Waals surface area contributed by atoms with Crippen LogP contribution in [0.2, 0.25) is 0 Å². The van der Waals surface area contributed by atoms with Crippen molar-refractivity contribution in [2.24, 2.45) is 5.73 Å². The number of likely N-dealkylation sites (N-methyl/N-ethyl adjacent to an activating group) is 1. The minimum atomic E-state index is -0.721. The maximum Gasteiger partial charge on any atom is 0.271 e. The molecule has 0 unspecified atom stereocenters. The molecule has 5 N–H and O–H groups in total. The molecule has 3 aliphatic rings. The highest BCUT2D eigenvalue weighted by atomic mass is 16.5. The van der Waals surface area contributed by atoms with Gasteiger partial charge in [0.25, 0.3) is 5.91 Å². The van der Waals surface area contributed by atoms with Gasteiger partial charge in [-0.2, -0.15) is 5.26 Å². The number of ether oxygens (including phenoxy) is 1. The summed E-state index contributed by atoms with van der Waals surface area (Å²) in [7, 11) is 3.71. The lowest BCUT2D eigenvalue weighted by Crippen LogP contribution is -2.52. The lowest BCUT2D eigenvalue weighted by atomic mass is 10.0. The van der Waals surface area contributed by atoms with E-state index >= 15 is 0 Å². The Bertz CT molecular complexity index is 1530. The number of methoxy groups -OCH3 is 1. The molecule has 4 heterocycles. The van der Waals surface area contributed by atoms with Gasteiger partial charge in [-0.15, -0.1) is 0 Å². The summed E-state index contributed by atoms with van der Waals surface area (Å²) in [5, 5.41) is 20.1. The van der Waals surface area contributed by atoms with Crippen molar-refractivity contribution in [3.8, 4) is 23.1 Å². The Kier molecular flexibility index (Phi) is 9.30. The molecule has 0 spiro atoms. The van der Waals surface area contributed by atoms with E-state index in [-0.39, 0.29) is 17.6 Å². The SMILES string of the molecule is COc1cccc(-c2nc(C(N)=O)c(Nc3ccc(N4CCC(N5CCN(C)CC5)CC4)cc3)nc2N[C@@H]2CCNC2)c1C#N. The molecule has 0 radical (unpaired) electrons. The Hall–Kier alpha value is -4.44. The predicted octanol–water partition coefficient (Wildman–Crippen LogP) is 2.86. The molecule has 12 nitrogen and oxygen atoms in total. The number of aromatic nitrogens is 2. The van der Waals surface area contributed by atoms with Crippen molar-refractivity contribution in [2.75, 3.05) is 82.0 Å². The van der Waals surface area contributed by atoms with Crippen LogP contribution in [0.15, 0.2) is 42.5 Å². The van der Waals surface area contributed by atoms with Gasteiger partial charge in [-0.1, -0.05) is 12.1 Å². The van der Waals surface area contributed by atoms with E-state index in [9.17, 15) is 10.1 Å². The van der Waals surface area contributed by atoms with E-state index in [4.69, 9.17) is 20.4 Å². The third kappa shape index (κ3) is 6.81. The summed E-state index contributed by atoms with van der Waals surface area (Å²) in [4.78, 5) is 29.8. The summed E-state index contributed by atoms with van der Waals surface area (Å²) in [6.45, 7) is 8.32. The molecule has 6 rings (SSSR count). The molecule has 3 aromatic rings. The van der Waals surface area contributed by atoms with Crippen LogP contribution >= 0.6 is 0 Å². The fraction of sp³-hybridized carbons (Fsp3) is 0.455. The minimum absolute atomic E-state index is 0.0122. The van der Waals surface area contributed by atoms with Crippen LogP contribution in [0.3, 0.4) is 0 Å². The van der Waals surface area contributed by atoms with Gasteiger partial charge in [0, 0.05) is 74.8 Å². The molecule has 0 aliphatic carbocycles. The van der Waals surface area contributed by atoms with Gasteiger partial charge in [0.2, 0.25) is 0 Å². The summed E-state index contributed by atoms with van der Waals surface area (Å²) < 4.78 is 5.43. The summed E-state index contributed by atoms with van der Waals surface area (Å²) in [5.74, 6) is 0.404. The number of nitrogens with one attached hydrogen (secondary N) is 3. The smallest absolute Gasteiger partial charge is 0.271 e. The van der Waals surface area contributed by atoms with E-state index in [0.29, 0.717) is 34.4 Å². The van der Waals surface area contributed by atoms with Crippen LogP contribution in [0.4, 0.5) is 23.0 Å². The van der Waals surface area contributed by atoms with Crippen molar-refractivity contribution >= 4 is 28.9 Å². The second-order valence-corrected chi connectivity index (χ2v) is 12.0. The summed E-state index contributed by atoms with van der Waals surface area (Å²) in [6, 6.07) is 16.4. The van der Waals surface area contributed by atoms with Gasteiger partial charge in [-0.25, -0.2) is 9.97 Å². The summed E-state index contributed by atoms with van der Waals surface area (Å²) in [6.07, 6.45) is 3.24. The Morgan fingerprint density at radius 2 is 1.78 bits per heavy atom. The van der Waals surface area contributed by atoms with Gasteiger partial charge in [0.15, 0.2) is 17.3 Å². The molecule has 236 valence electrons. The third-order valence-electron chi connectivity index (χ3n) is 9.16. The first-order chi connectivity index (χ1) is 21.9. The third-order valence-corrected chi connectivity index (χ3v) is 9.16. The average Bonchev–Trinajstić information content (AvgIpc) is 3.58. The number of nitrogens with zero attached hydrogens (tertiary/aromatic N) is 6. The number of hydrogen-bond acceptors (Lipinski definition) is 11. The maximum atomic E-state index is 12.7. The van der Waals surface area contributed by atoms with Crippen LogP contribution in [0.1, 0.15) is 35.3 Å². The molecule has 3 aliphatic heterocycles. The van der Waals surface area contributed by atoms with Gasteiger partial charge < -0.3 is 36.2 Å². The number of anilines is 4. The zero-order valence-electron chi connectivity index (χ0n) is 26.1. The number of hydrogen-bond donors (Lipinski definition) is 4. The van der Waals surface area contributed by atoms with E-state index < -0.39 is 5.91 Å². The van der Waals surface area contributed by atoms with Gasteiger partial charge in [-0.05, 0) is 63.2 Å². The zero-order chi connectivity index (χ0) is 31.3. The number of piperidine rings is 1. The number of nitriles is 1. The predicted molar refractivity (Wildman–Crippen MR) is 176 cm³/mol. The lowest BCUT2D eigenvalue weighted by molar-refractivity contribution is 0.0982. The minimum Gasteiger partial charge on any atom is -0.495 e. The number of primary amides is 1. The molecule has 3 saturated heterocycles. The molecule has 3 fully saturated rings. The highest BCUT2D eigenvalue weighted by Crippen LogP contribution is 2.35. The van der Waals surface area contributed by atoms with E-state index in [2.05, 4.69) is 55.9 Å². The number of nitrogens with two attached hydrogens (primary N) is 1. The highest BCUT2D eigenvalue weighted by Gasteiger charge is 2.28. The summed E-state index contributed by atoms with van der Waals surface area (Å²) >= 11 is 0. The van der Waals surface area contributed by atoms with Gasteiger partial charge in [0.05, 0.1) is 7.11 Å². The second-order valence-electron chi connectivity index (χ2n) is 12.0. The number of piperazine rings is 1. The fourth-order valence-electron chi connectivity index (χ4n) is 6.54. The number of carbonyl (C=O) groups excluding carboxylic acids is 1. The van der Waals surface area contributed by atoms with Crippen molar-refractivity contribution in [3.63, 3.8) is 0 Å². The van der Waals surface area contributed by atoms with Gasteiger partial charge >= 0.3 is 0 Å². The number of benzene rings is 2. The second kappa shape index (κ2) is 13.7. The zero-order valence-corrected chi connectivity index (χ0v) is 26.1. The van der Waals surface area contributed by atoms with E-state index in [1.54, 1.807) is 18.2 Å². The maximum absolute atomic E-state index is 12.7. The number of rotatable bonds is 9. The first kappa shape index (κ1) is 30.6. The topological polar surface area (TPSA) is 148 Å². The normalized spacial score (nSPS) is 19.7. The Morgan fingerprint density at radius 1 is 1.02 bits per heavy atom.